The zero-order chi connectivity index (χ0) is 44.1. The first-order valence-electron chi connectivity index (χ1n) is 20.1. The molecule has 60 heavy (non-hydrogen) atoms. The van der Waals surface area contributed by atoms with E-state index in [0.29, 0.717) is 84.6 Å². The molecule has 0 unspecified atom stereocenters. The van der Waals surface area contributed by atoms with Crippen LogP contribution >= 0.6 is 0 Å². The smallest absolute Gasteiger partial charge is 0.136 e. The molecule has 0 atom stereocenters. The maximum absolute atomic E-state index is 6.17. The van der Waals surface area contributed by atoms with Gasteiger partial charge in [-0.1, -0.05) is 53.3 Å². The topological polar surface area (TPSA) is 55.4 Å². The molecule has 4 aromatic carbocycles. The van der Waals surface area contributed by atoms with E-state index < -0.39 is 0 Å². The highest BCUT2D eigenvalue weighted by Crippen LogP contribution is 2.32. The molecule has 0 aliphatic heterocycles. The SMILES string of the molecule is C#Cc1cc(OC(C)C)c(C#Cc2cc(C#Cc3cc(OC(C)C)c(C#C)cc3OC(C)C)cc(C#Cc3cc(OC(C)C)c(C#C)cc3OC(C)C)c2)cc1OC(C)C. The van der Waals surface area contributed by atoms with Gasteiger partial charge in [-0.2, -0.15) is 0 Å². The van der Waals surface area contributed by atoms with E-state index in [2.05, 4.69) is 53.3 Å². The summed E-state index contributed by atoms with van der Waals surface area (Å²) in [6.07, 6.45) is 17.0. The molecule has 0 spiro atoms. The Kier molecular flexibility index (Phi) is 16.1. The Balaban J connectivity index is 1.99. The predicted octanol–water partition coefficient (Wildman–Crippen LogP) is 10.6. The molecule has 6 heteroatoms. The van der Waals surface area contributed by atoms with Crippen LogP contribution in [0.25, 0.3) is 0 Å². The van der Waals surface area contributed by atoms with Crippen LogP contribution in [0.5, 0.6) is 34.5 Å². The van der Waals surface area contributed by atoms with Crippen LogP contribution in [0, 0.1) is 72.6 Å². The first kappa shape index (κ1) is 45.7. The Morgan fingerprint density at radius 2 is 0.467 bits per heavy atom. The summed E-state index contributed by atoms with van der Waals surface area (Å²) in [6, 6.07) is 16.6. The average Bonchev–Trinajstić information content (AvgIpc) is 3.16. The number of benzene rings is 4. The Bertz CT molecular complexity index is 2220. The lowest BCUT2D eigenvalue weighted by Gasteiger charge is -2.16. The number of rotatable bonds is 12. The van der Waals surface area contributed by atoms with E-state index in [0.717, 1.165) is 0 Å². The van der Waals surface area contributed by atoms with E-state index in [1.807, 2.05) is 119 Å². The van der Waals surface area contributed by atoms with Gasteiger partial charge in [-0.15, -0.1) is 19.3 Å². The molecule has 0 radical (unpaired) electrons. The second-order valence-electron chi connectivity index (χ2n) is 15.5. The summed E-state index contributed by atoms with van der Waals surface area (Å²) in [5, 5.41) is 0. The molecule has 0 saturated carbocycles. The lowest BCUT2D eigenvalue weighted by Crippen LogP contribution is -2.10. The number of hydrogen-bond donors (Lipinski definition) is 0. The van der Waals surface area contributed by atoms with E-state index in [9.17, 15) is 0 Å². The Hall–Kier alpha value is -6.96. The molecule has 0 saturated heterocycles. The highest BCUT2D eigenvalue weighted by atomic mass is 16.5. The Morgan fingerprint density at radius 3 is 0.650 bits per heavy atom. The third-order valence-electron chi connectivity index (χ3n) is 7.85. The van der Waals surface area contributed by atoms with Crippen molar-refractivity contribution in [1.82, 2.24) is 0 Å². The van der Waals surface area contributed by atoms with Gasteiger partial charge in [-0.3, -0.25) is 0 Å². The molecule has 0 amide bonds. The minimum absolute atomic E-state index is 0.101. The zero-order valence-corrected chi connectivity index (χ0v) is 36.8. The molecule has 0 aliphatic rings. The number of hydrogen-bond acceptors (Lipinski definition) is 6. The summed E-state index contributed by atoms with van der Waals surface area (Å²) in [4.78, 5) is 0. The molecule has 4 aromatic rings. The van der Waals surface area contributed by atoms with Gasteiger partial charge in [0.1, 0.15) is 34.5 Å². The van der Waals surface area contributed by atoms with Crippen molar-refractivity contribution in [3.8, 4) is 107 Å². The highest BCUT2D eigenvalue weighted by molar-refractivity contribution is 5.64. The summed E-state index contributed by atoms with van der Waals surface area (Å²) >= 11 is 0. The normalized spacial score (nSPS) is 10.4. The second kappa shape index (κ2) is 21.2. The van der Waals surface area contributed by atoms with E-state index in [1.54, 1.807) is 18.2 Å². The van der Waals surface area contributed by atoms with Crippen molar-refractivity contribution in [1.29, 1.82) is 0 Å². The fourth-order valence-corrected chi connectivity index (χ4v) is 5.68. The van der Waals surface area contributed by atoms with Crippen molar-refractivity contribution < 1.29 is 28.4 Å². The highest BCUT2D eigenvalue weighted by Gasteiger charge is 2.16. The van der Waals surface area contributed by atoms with Gasteiger partial charge in [0.05, 0.1) is 70.0 Å². The van der Waals surface area contributed by atoms with Gasteiger partial charge in [0.15, 0.2) is 0 Å². The first-order valence-corrected chi connectivity index (χ1v) is 20.1. The second-order valence-corrected chi connectivity index (χ2v) is 15.5. The van der Waals surface area contributed by atoms with Crippen LogP contribution in [-0.2, 0) is 0 Å². The molecule has 6 nitrogen and oxygen atoms in total. The maximum atomic E-state index is 6.17. The van der Waals surface area contributed by atoms with Gasteiger partial charge in [-0.25, -0.2) is 0 Å². The van der Waals surface area contributed by atoms with Gasteiger partial charge in [0.2, 0.25) is 0 Å². The third kappa shape index (κ3) is 13.3. The molecule has 4 rings (SSSR count). The van der Waals surface area contributed by atoms with Gasteiger partial charge < -0.3 is 28.4 Å². The van der Waals surface area contributed by atoms with Gasteiger partial charge >= 0.3 is 0 Å². The van der Waals surface area contributed by atoms with Crippen molar-refractivity contribution in [2.24, 2.45) is 0 Å². The van der Waals surface area contributed by atoms with Crippen molar-refractivity contribution in [3.05, 3.63) is 105 Å². The zero-order valence-electron chi connectivity index (χ0n) is 36.8. The molecule has 0 aliphatic carbocycles. The molecule has 0 aromatic heterocycles. The summed E-state index contributed by atoms with van der Waals surface area (Å²) in [5.41, 5.74) is 5.56. The summed E-state index contributed by atoms with van der Waals surface area (Å²) in [5.74, 6) is 31.4. The van der Waals surface area contributed by atoms with Crippen LogP contribution < -0.4 is 28.4 Å². The standard InChI is InChI=1S/C54H54O6/c1-16-43-28-52(58-37(10)11)46(31-49(43)55-34(4)5)22-19-40-25-41(20-23-47-32-50(56-35(6)7)44(17-2)29-53(47)59-38(12)13)27-42(26-40)21-24-48-33-51(57-36(8)9)45(18-3)30-54(48)60-39(14)15/h1-3,25-39H,4-15H3. The van der Waals surface area contributed by atoms with Crippen LogP contribution in [0.3, 0.4) is 0 Å². The van der Waals surface area contributed by atoms with E-state index in [1.165, 1.54) is 0 Å². The van der Waals surface area contributed by atoms with Gasteiger partial charge in [0, 0.05) is 53.1 Å². The van der Waals surface area contributed by atoms with Gasteiger partial charge in [0.25, 0.3) is 0 Å². The maximum Gasteiger partial charge on any atom is 0.136 e. The van der Waals surface area contributed by atoms with Crippen LogP contribution in [0.1, 0.15) is 133 Å². The van der Waals surface area contributed by atoms with Crippen LogP contribution in [0.4, 0.5) is 0 Å². The third-order valence-corrected chi connectivity index (χ3v) is 7.85. The lowest BCUT2D eigenvalue weighted by molar-refractivity contribution is 0.234. The fourth-order valence-electron chi connectivity index (χ4n) is 5.68. The average molecular weight is 799 g/mol. The molecular formula is C54H54O6. The quantitative estimate of drug-likeness (QED) is 0.133. The Labute approximate surface area is 358 Å². The van der Waals surface area contributed by atoms with E-state index in [-0.39, 0.29) is 36.6 Å². The fraction of sp³-hybridized carbons (Fsp3) is 0.333. The minimum Gasteiger partial charge on any atom is -0.490 e. The van der Waals surface area contributed by atoms with Crippen molar-refractivity contribution in [3.63, 3.8) is 0 Å². The Morgan fingerprint density at radius 1 is 0.283 bits per heavy atom. The summed E-state index contributed by atoms with van der Waals surface area (Å²) < 4.78 is 36.7. The first-order chi connectivity index (χ1) is 28.5. The van der Waals surface area contributed by atoms with Crippen LogP contribution in [0.2, 0.25) is 0 Å². The monoisotopic (exact) mass is 798 g/mol. The number of ether oxygens (including phenoxy) is 6. The largest absolute Gasteiger partial charge is 0.490 e. The molecule has 0 bridgehead atoms. The van der Waals surface area contributed by atoms with Crippen LogP contribution in [0.15, 0.2) is 54.6 Å². The summed E-state index contributed by atoms with van der Waals surface area (Å²) in [6.45, 7) is 23.3. The molecule has 0 N–H and O–H groups in total. The van der Waals surface area contributed by atoms with E-state index >= 15 is 0 Å². The molecular weight excluding hydrogens is 745 g/mol. The van der Waals surface area contributed by atoms with E-state index in [4.69, 9.17) is 47.7 Å². The molecule has 0 heterocycles. The van der Waals surface area contributed by atoms with Crippen molar-refractivity contribution in [2.45, 2.75) is 120 Å². The predicted molar refractivity (Wildman–Crippen MR) is 242 cm³/mol. The minimum atomic E-state index is -0.120. The number of terminal acetylenes is 3. The van der Waals surface area contributed by atoms with Crippen molar-refractivity contribution >= 4 is 0 Å². The molecule has 0 fully saturated rings. The van der Waals surface area contributed by atoms with Crippen LogP contribution in [-0.4, -0.2) is 36.6 Å². The van der Waals surface area contributed by atoms with Gasteiger partial charge in [-0.05, 0) is 101 Å². The summed E-state index contributed by atoms with van der Waals surface area (Å²) in [7, 11) is 0. The molecule has 306 valence electrons. The lowest BCUT2D eigenvalue weighted by atomic mass is 10.0. The van der Waals surface area contributed by atoms with Crippen molar-refractivity contribution in [2.75, 3.05) is 0 Å².